The molecule has 0 unspecified atom stereocenters. The summed E-state index contributed by atoms with van der Waals surface area (Å²) in [7, 11) is 2.02. The Morgan fingerprint density at radius 2 is 2.31 bits per heavy atom. The number of unbranched alkanes of at least 4 members (excludes halogenated alkanes) is 1. The van der Waals surface area contributed by atoms with Gasteiger partial charge in [0.25, 0.3) is 0 Å². The molecule has 0 aromatic carbocycles. The van der Waals surface area contributed by atoms with Gasteiger partial charge in [-0.15, -0.1) is 6.58 Å². The van der Waals surface area contributed by atoms with Crippen molar-refractivity contribution in [3.8, 4) is 0 Å². The number of aliphatic hydroxyl groups excluding tert-OH is 1. The number of allylic oxidation sites excluding steroid dienone is 1. The summed E-state index contributed by atoms with van der Waals surface area (Å²) in [5.41, 5.74) is 0.850. The summed E-state index contributed by atoms with van der Waals surface area (Å²) in [5.74, 6) is 0.938. The fourth-order valence-corrected chi connectivity index (χ4v) is 1.46. The molecule has 0 amide bonds. The van der Waals surface area contributed by atoms with E-state index in [1.54, 1.807) is 13.1 Å². The highest BCUT2D eigenvalue weighted by Gasteiger charge is 2.04. The molecule has 1 atom stereocenters. The molecule has 16 heavy (non-hydrogen) atoms. The lowest BCUT2D eigenvalue weighted by molar-refractivity contribution is 0.199. The van der Waals surface area contributed by atoms with Crippen LogP contribution in [-0.2, 0) is 0 Å². The fourth-order valence-electron chi connectivity index (χ4n) is 1.46. The molecular weight excluding hydrogens is 200 g/mol. The van der Waals surface area contributed by atoms with Gasteiger partial charge in [0.2, 0.25) is 0 Å². The minimum atomic E-state index is -0.451. The maximum atomic E-state index is 9.36. The van der Waals surface area contributed by atoms with Gasteiger partial charge in [-0.3, -0.25) is 0 Å². The number of anilines is 1. The predicted octanol–water partition coefficient (Wildman–Crippen LogP) is 2.54. The van der Waals surface area contributed by atoms with Crippen LogP contribution in [0.15, 0.2) is 31.0 Å². The van der Waals surface area contributed by atoms with Crippen molar-refractivity contribution in [2.45, 2.75) is 25.9 Å². The minimum absolute atomic E-state index is 0.451. The summed E-state index contributed by atoms with van der Waals surface area (Å²) in [6.45, 7) is 6.41. The maximum absolute atomic E-state index is 9.36. The zero-order valence-electron chi connectivity index (χ0n) is 10.1. The first-order valence-electron chi connectivity index (χ1n) is 5.61. The Balaban J connectivity index is 2.55. The molecule has 1 heterocycles. The highest BCUT2D eigenvalue weighted by molar-refractivity contribution is 5.38. The molecule has 0 radical (unpaired) electrons. The first-order chi connectivity index (χ1) is 7.65. The van der Waals surface area contributed by atoms with E-state index in [0.29, 0.717) is 0 Å². The SMILES string of the molecule is C=CCCCN(C)c1ccc([C@H](C)O)cn1. The third-order valence-corrected chi connectivity index (χ3v) is 2.55. The monoisotopic (exact) mass is 220 g/mol. The van der Waals surface area contributed by atoms with Gasteiger partial charge in [-0.05, 0) is 31.4 Å². The molecule has 88 valence electrons. The van der Waals surface area contributed by atoms with Crippen LogP contribution in [0.2, 0.25) is 0 Å². The van der Waals surface area contributed by atoms with Crippen molar-refractivity contribution in [1.82, 2.24) is 4.98 Å². The van der Waals surface area contributed by atoms with E-state index in [9.17, 15) is 5.11 Å². The van der Waals surface area contributed by atoms with Gasteiger partial charge in [0.05, 0.1) is 6.10 Å². The predicted molar refractivity (Wildman–Crippen MR) is 67.6 cm³/mol. The van der Waals surface area contributed by atoms with Gasteiger partial charge in [0.15, 0.2) is 0 Å². The van der Waals surface area contributed by atoms with Gasteiger partial charge in [-0.2, -0.15) is 0 Å². The molecule has 0 saturated carbocycles. The summed E-state index contributed by atoms with van der Waals surface area (Å²) < 4.78 is 0. The van der Waals surface area contributed by atoms with Crippen LogP contribution in [0.3, 0.4) is 0 Å². The summed E-state index contributed by atoms with van der Waals surface area (Å²) >= 11 is 0. The normalized spacial score (nSPS) is 12.2. The molecular formula is C13H20N2O. The van der Waals surface area contributed by atoms with Crippen molar-refractivity contribution >= 4 is 5.82 Å². The number of rotatable bonds is 6. The summed E-state index contributed by atoms with van der Waals surface area (Å²) in [4.78, 5) is 6.43. The third kappa shape index (κ3) is 3.66. The fraction of sp³-hybridized carbons (Fsp3) is 0.462. The quantitative estimate of drug-likeness (QED) is 0.591. The summed E-state index contributed by atoms with van der Waals surface area (Å²) in [6.07, 6.45) is 5.31. The molecule has 1 aromatic rings. The van der Waals surface area contributed by atoms with Crippen molar-refractivity contribution in [3.05, 3.63) is 36.5 Å². The Kier molecular flexibility index (Phi) is 4.99. The molecule has 1 aromatic heterocycles. The first kappa shape index (κ1) is 12.7. The molecule has 1 rings (SSSR count). The first-order valence-corrected chi connectivity index (χ1v) is 5.61. The van der Waals surface area contributed by atoms with Gasteiger partial charge in [0, 0.05) is 19.8 Å². The molecule has 3 nitrogen and oxygen atoms in total. The van der Waals surface area contributed by atoms with Crippen molar-refractivity contribution in [1.29, 1.82) is 0 Å². The van der Waals surface area contributed by atoms with Gasteiger partial charge in [-0.1, -0.05) is 12.1 Å². The van der Waals surface area contributed by atoms with Crippen LogP contribution in [0, 0.1) is 0 Å². The van der Waals surface area contributed by atoms with Crippen molar-refractivity contribution < 1.29 is 5.11 Å². The molecule has 0 saturated heterocycles. The number of hydrogen-bond donors (Lipinski definition) is 1. The molecule has 1 N–H and O–H groups in total. The number of pyridine rings is 1. The molecule has 0 fully saturated rings. The molecule has 0 aliphatic carbocycles. The van der Waals surface area contributed by atoms with Gasteiger partial charge in [-0.25, -0.2) is 4.98 Å². The standard InChI is InChI=1S/C13H20N2O/c1-4-5-6-9-15(3)13-8-7-12(10-14-13)11(2)16/h4,7-8,10-11,16H,1,5-6,9H2,2-3H3/t11-/m0/s1. The van der Waals surface area contributed by atoms with E-state index in [0.717, 1.165) is 30.8 Å². The van der Waals surface area contributed by atoms with Crippen LogP contribution in [0.5, 0.6) is 0 Å². The van der Waals surface area contributed by atoms with Crippen molar-refractivity contribution in [2.75, 3.05) is 18.5 Å². The zero-order valence-corrected chi connectivity index (χ0v) is 10.1. The van der Waals surface area contributed by atoms with Crippen LogP contribution < -0.4 is 4.90 Å². The Morgan fingerprint density at radius 1 is 1.56 bits per heavy atom. The lowest BCUT2D eigenvalue weighted by Gasteiger charge is -2.18. The van der Waals surface area contributed by atoms with Crippen molar-refractivity contribution in [3.63, 3.8) is 0 Å². The lowest BCUT2D eigenvalue weighted by atomic mass is 10.2. The second kappa shape index (κ2) is 6.28. The molecule has 0 spiro atoms. The number of aliphatic hydroxyl groups is 1. The average molecular weight is 220 g/mol. The minimum Gasteiger partial charge on any atom is -0.389 e. The average Bonchev–Trinajstić information content (AvgIpc) is 2.29. The van der Waals surface area contributed by atoms with Crippen LogP contribution in [0.25, 0.3) is 0 Å². The Labute approximate surface area is 97.4 Å². The summed E-state index contributed by atoms with van der Waals surface area (Å²) in [6, 6.07) is 3.85. The van der Waals surface area contributed by atoms with Gasteiger partial charge >= 0.3 is 0 Å². The second-order valence-electron chi connectivity index (χ2n) is 3.98. The lowest BCUT2D eigenvalue weighted by Crippen LogP contribution is -2.19. The van der Waals surface area contributed by atoms with Crippen LogP contribution >= 0.6 is 0 Å². The summed E-state index contributed by atoms with van der Waals surface area (Å²) in [5, 5.41) is 9.36. The highest BCUT2D eigenvalue weighted by atomic mass is 16.3. The number of hydrogen-bond acceptors (Lipinski definition) is 3. The third-order valence-electron chi connectivity index (χ3n) is 2.55. The maximum Gasteiger partial charge on any atom is 0.128 e. The second-order valence-corrected chi connectivity index (χ2v) is 3.98. The van der Waals surface area contributed by atoms with Gasteiger partial charge < -0.3 is 10.0 Å². The van der Waals surface area contributed by atoms with Crippen LogP contribution in [0.4, 0.5) is 5.82 Å². The van der Waals surface area contributed by atoms with Crippen LogP contribution in [-0.4, -0.2) is 23.7 Å². The Hall–Kier alpha value is -1.35. The van der Waals surface area contributed by atoms with Crippen molar-refractivity contribution in [2.24, 2.45) is 0 Å². The van der Waals surface area contributed by atoms with E-state index in [2.05, 4.69) is 16.5 Å². The topological polar surface area (TPSA) is 36.4 Å². The van der Waals surface area contributed by atoms with E-state index in [1.807, 2.05) is 25.3 Å². The molecule has 0 aliphatic heterocycles. The van der Waals surface area contributed by atoms with Gasteiger partial charge in [0.1, 0.15) is 5.82 Å². The number of nitrogens with zero attached hydrogens (tertiary/aromatic N) is 2. The molecule has 0 bridgehead atoms. The zero-order chi connectivity index (χ0) is 12.0. The van der Waals surface area contributed by atoms with E-state index < -0.39 is 6.10 Å². The van der Waals surface area contributed by atoms with Crippen LogP contribution in [0.1, 0.15) is 31.4 Å². The number of aromatic nitrogens is 1. The molecule has 0 aliphatic rings. The smallest absolute Gasteiger partial charge is 0.128 e. The van der Waals surface area contributed by atoms with E-state index in [-0.39, 0.29) is 0 Å². The largest absolute Gasteiger partial charge is 0.389 e. The van der Waals surface area contributed by atoms with E-state index in [1.165, 1.54) is 0 Å². The van der Waals surface area contributed by atoms with E-state index >= 15 is 0 Å². The Morgan fingerprint density at radius 3 is 2.81 bits per heavy atom. The highest BCUT2D eigenvalue weighted by Crippen LogP contribution is 2.15. The Bertz CT molecular complexity index is 319. The van der Waals surface area contributed by atoms with E-state index in [4.69, 9.17) is 0 Å². The molecule has 3 heteroatoms.